The van der Waals surface area contributed by atoms with E-state index in [9.17, 15) is 9.18 Å². The minimum absolute atomic E-state index is 0.159. The Kier molecular flexibility index (Phi) is 5.56. The number of hydrogen-bond donors (Lipinski definition) is 1. The van der Waals surface area contributed by atoms with Crippen molar-refractivity contribution >= 4 is 17.1 Å². The number of methoxy groups -OCH3 is 1. The number of aromatic nitrogens is 2. The average molecular weight is 430 g/mol. The molecule has 3 aliphatic rings. The van der Waals surface area contributed by atoms with Gasteiger partial charge in [-0.15, -0.1) is 0 Å². The number of nitrogens with one attached hydrogen (secondary N) is 1. The number of carbonyl (C=O) groups is 1. The highest BCUT2D eigenvalue weighted by molar-refractivity contribution is 5.78. The van der Waals surface area contributed by atoms with Crippen LogP contribution in [0.2, 0.25) is 0 Å². The van der Waals surface area contributed by atoms with Gasteiger partial charge in [-0.3, -0.25) is 4.98 Å². The number of nitrogens with zero attached hydrogens (tertiary/aromatic N) is 2. The number of amides is 1. The van der Waals surface area contributed by atoms with Gasteiger partial charge in [0.2, 0.25) is 5.88 Å². The molecule has 0 radical (unpaired) electrons. The van der Waals surface area contributed by atoms with Crippen LogP contribution in [-0.2, 0) is 11.2 Å². The summed E-state index contributed by atoms with van der Waals surface area (Å²) in [4.78, 5) is 21.0. The van der Waals surface area contributed by atoms with Gasteiger partial charge in [-0.1, -0.05) is 0 Å². The molecule has 1 amide bonds. The topological polar surface area (TPSA) is 73.3 Å². The Morgan fingerprint density at radius 1 is 1.16 bits per heavy atom. The highest BCUT2D eigenvalue weighted by Crippen LogP contribution is 2.54. The number of alkyl carbamates (subject to hydrolysis) is 1. The zero-order valence-electron chi connectivity index (χ0n) is 18.9. The van der Waals surface area contributed by atoms with Gasteiger partial charge in [0.25, 0.3) is 0 Å². The van der Waals surface area contributed by atoms with Gasteiger partial charge in [-0.05, 0) is 83.6 Å². The molecule has 3 aliphatic carbocycles. The summed E-state index contributed by atoms with van der Waals surface area (Å²) in [6, 6.07) is 3.57. The first-order valence-corrected chi connectivity index (χ1v) is 11.1. The molecule has 168 valence electrons. The van der Waals surface area contributed by atoms with E-state index in [-0.39, 0.29) is 22.9 Å². The normalized spacial score (nSPS) is 25.5. The van der Waals surface area contributed by atoms with Crippen molar-refractivity contribution in [3.8, 4) is 5.88 Å². The molecule has 5 rings (SSSR count). The molecular formula is C24H32FN3O3. The number of carbonyl (C=O) groups excluding carboxylic acids is 1. The first kappa shape index (κ1) is 21.8. The Morgan fingerprint density at radius 2 is 1.84 bits per heavy atom. The first-order valence-electron chi connectivity index (χ1n) is 11.1. The molecule has 3 fully saturated rings. The minimum Gasteiger partial charge on any atom is -0.481 e. The molecule has 2 heterocycles. The van der Waals surface area contributed by atoms with Crippen molar-refractivity contribution in [2.75, 3.05) is 7.11 Å². The van der Waals surface area contributed by atoms with Crippen molar-refractivity contribution in [3.05, 3.63) is 29.7 Å². The van der Waals surface area contributed by atoms with Crippen molar-refractivity contribution in [2.24, 2.45) is 5.41 Å². The summed E-state index contributed by atoms with van der Waals surface area (Å²) in [7, 11) is 1.56. The fourth-order valence-corrected chi connectivity index (χ4v) is 5.16. The first-order chi connectivity index (χ1) is 14.6. The molecule has 6 nitrogen and oxygen atoms in total. The van der Waals surface area contributed by atoms with Gasteiger partial charge < -0.3 is 14.8 Å². The predicted octanol–water partition coefficient (Wildman–Crippen LogP) is 5.33. The molecule has 2 bridgehead atoms. The van der Waals surface area contributed by atoms with Gasteiger partial charge in [0.15, 0.2) is 0 Å². The van der Waals surface area contributed by atoms with Crippen LogP contribution < -0.4 is 10.1 Å². The highest BCUT2D eigenvalue weighted by Gasteiger charge is 2.49. The summed E-state index contributed by atoms with van der Waals surface area (Å²) in [5.41, 5.74) is 1.42. The van der Waals surface area contributed by atoms with E-state index in [0.717, 1.165) is 44.9 Å². The van der Waals surface area contributed by atoms with Gasteiger partial charge in [0.05, 0.1) is 24.3 Å². The van der Waals surface area contributed by atoms with Crippen LogP contribution in [0.5, 0.6) is 5.88 Å². The second-order valence-electron chi connectivity index (χ2n) is 10.2. The van der Waals surface area contributed by atoms with Gasteiger partial charge in [0, 0.05) is 17.2 Å². The molecule has 3 saturated carbocycles. The third-order valence-electron chi connectivity index (χ3n) is 7.02. The Bertz CT molecular complexity index is 961. The fourth-order valence-electron chi connectivity index (χ4n) is 5.16. The summed E-state index contributed by atoms with van der Waals surface area (Å²) in [6.07, 6.45) is 8.42. The second-order valence-corrected chi connectivity index (χ2v) is 10.2. The summed E-state index contributed by atoms with van der Waals surface area (Å²) < 4.78 is 25.4. The number of fused-ring (bicyclic) bond motifs is 4. The number of hydrogen-bond acceptors (Lipinski definition) is 5. The molecule has 7 heteroatoms. The van der Waals surface area contributed by atoms with Crippen LogP contribution in [0.15, 0.2) is 18.3 Å². The van der Waals surface area contributed by atoms with E-state index in [1.807, 2.05) is 26.8 Å². The lowest BCUT2D eigenvalue weighted by molar-refractivity contribution is 0.000861. The van der Waals surface area contributed by atoms with Crippen LogP contribution in [0.4, 0.5) is 9.18 Å². The van der Waals surface area contributed by atoms with Crippen LogP contribution in [-0.4, -0.2) is 34.3 Å². The van der Waals surface area contributed by atoms with Gasteiger partial charge in [-0.2, -0.15) is 0 Å². The van der Waals surface area contributed by atoms with Crippen LogP contribution in [0.1, 0.15) is 71.3 Å². The molecule has 0 unspecified atom stereocenters. The molecule has 0 aromatic carbocycles. The van der Waals surface area contributed by atoms with E-state index in [1.54, 1.807) is 13.2 Å². The van der Waals surface area contributed by atoms with Crippen molar-refractivity contribution in [2.45, 2.75) is 83.3 Å². The second kappa shape index (κ2) is 7.92. The van der Waals surface area contributed by atoms with E-state index in [2.05, 4.69) is 15.3 Å². The molecule has 2 aromatic rings. The van der Waals surface area contributed by atoms with E-state index in [0.29, 0.717) is 28.9 Å². The summed E-state index contributed by atoms with van der Waals surface area (Å²) in [5, 5.41) is 3.16. The van der Waals surface area contributed by atoms with E-state index in [4.69, 9.17) is 9.47 Å². The van der Waals surface area contributed by atoms with E-state index < -0.39 is 5.60 Å². The van der Waals surface area contributed by atoms with Gasteiger partial charge in [-0.25, -0.2) is 14.2 Å². The SMILES string of the molecule is COc1ccc2ncc(F)c(CCC34CCC(NC(=O)OC(C)(C)C)(CC3)CC4)c2n1. The maximum absolute atomic E-state index is 14.7. The summed E-state index contributed by atoms with van der Waals surface area (Å²) >= 11 is 0. The number of aryl methyl sites for hydroxylation is 1. The van der Waals surface area contributed by atoms with Crippen LogP contribution in [0.25, 0.3) is 11.0 Å². The molecule has 31 heavy (non-hydrogen) atoms. The van der Waals surface area contributed by atoms with Crippen molar-refractivity contribution in [3.63, 3.8) is 0 Å². The highest BCUT2D eigenvalue weighted by atomic mass is 19.1. The molecule has 0 aliphatic heterocycles. The van der Waals surface area contributed by atoms with Crippen molar-refractivity contribution in [1.29, 1.82) is 0 Å². The van der Waals surface area contributed by atoms with Crippen LogP contribution >= 0.6 is 0 Å². The summed E-state index contributed by atoms with van der Waals surface area (Å²) in [5.74, 6) is 0.157. The standard InChI is InChI=1S/C24H32FN3O3/c1-22(2,3)31-21(29)28-24-12-9-23(10-13-24,11-14-24)8-7-16-17(25)15-26-18-5-6-19(30-4)27-20(16)18/h5-6,15H,7-14H2,1-4H3,(H,28,29). The molecule has 1 N–H and O–H groups in total. The monoisotopic (exact) mass is 429 g/mol. The smallest absolute Gasteiger partial charge is 0.408 e. The minimum atomic E-state index is -0.498. The molecule has 0 spiro atoms. The lowest BCUT2D eigenvalue weighted by atomic mass is 9.56. The van der Waals surface area contributed by atoms with E-state index in [1.165, 1.54) is 6.20 Å². The Hall–Kier alpha value is -2.44. The fraction of sp³-hybridized carbons (Fsp3) is 0.625. The average Bonchev–Trinajstić information content (AvgIpc) is 2.72. The zero-order valence-corrected chi connectivity index (χ0v) is 18.9. The number of rotatable bonds is 5. The lowest BCUT2D eigenvalue weighted by Gasteiger charge is -2.53. The molecule has 2 aromatic heterocycles. The number of pyridine rings is 2. The zero-order chi connectivity index (χ0) is 22.3. The Balaban J connectivity index is 1.44. The summed E-state index contributed by atoms with van der Waals surface area (Å²) in [6.45, 7) is 5.64. The van der Waals surface area contributed by atoms with Crippen molar-refractivity contribution in [1.82, 2.24) is 15.3 Å². The Labute approximate surface area is 182 Å². The maximum Gasteiger partial charge on any atom is 0.408 e. The number of ether oxygens (including phenoxy) is 2. The third kappa shape index (κ3) is 4.60. The molecular weight excluding hydrogens is 397 g/mol. The molecule has 0 saturated heterocycles. The predicted molar refractivity (Wildman–Crippen MR) is 117 cm³/mol. The van der Waals surface area contributed by atoms with Crippen molar-refractivity contribution < 1.29 is 18.7 Å². The third-order valence-corrected chi connectivity index (χ3v) is 7.02. The number of halogens is 1. The van der Waals surface area contributed by atoms with E-state index >= 15 is 0 Å². The van der Waals surface area contributed by atoms with Crippen LogP contribution in [0.3, 0.4) is 0 Å². The lowest BCUT2D eigenvalue weighted by Crippen LogP contribution is -2.57. The van der Waals surface area contributed by atoms with Gasteiger partial charge in [0.1, 0.15) is 11.4 Å². The van der Waals surface area contributed by atoms with Gasteiger partial charge >= 0.3 is 6.09 Å². The largest absolute Gasteiger partial charge is 0.481 e. The molecule has 0 atom stereocenters. The van der Waals surface area contributed by atoms with Crippen LogP contribution in [0, 0.1) is 11.2 Å². The quantitative estimate of drug-likeness (QED) is 0.696. The maximum atomic E-state index is 14.7. The Morgan fingerprint density at radius 3 is 2.45 bits per heavy atom.